The van der Waals surface area contributed by atoms with Gasteiger partial charge in [0.25, 0.3) is 0 Å². The SMILES string of the molecule is C=NC(=Nc1cc(-c2ccc(OC)cc2)ccc1C)c1cnccn1.CN. The quantitative estimate of drug-likeness (QED) is 0.565. The van der Waals surface area contributed by atoms with E-state index in [1.807, 2.05) is 43.3 Å². The maximum Gasteiger partial charge on any atom is 0.179 e. The van der Waals surface area contributed by atoms with E-state index < -0.39 is 0 Å². The third kappa shape index (κ3) is 5.05. The minimum Gasteiger partial charge on any atom is -0.497 e. The minimum atomic E-state index is 0.447. The van der Waals surface area contributed by atoms with Gasteiger partial charge in [-0.25, -0.2) is 15.0 Å². The number of nitrogens with two attached hydrogens (primary N) is 1. The fourth-order valence-electron chi connectivity index (χ4n) is 2.40. The predicted molar refractivity (Wildman–Crippen MR) is 111 cm³/mol. The fraction of sp³-hybridized carbons (Fsp3) is 0.143. The number of aliphatic imine (C=N–C) groups is 2. The first-order valence-corrected chi connectivity index (χ1v) is 8.36. The summed E-state index contributed by atoms with van der Waals surface area (Å²) in [5.41, 5.74) is 9.11. The minimum absolute atomic E-state index is 0.447. The van der Waals surface area contributed by atoms with E-state index in [-0.39, 0.29) is 0 Å². The number of hydrogen-bond donors (Lipinski definition) is 1. The highest BCUT2D eigenvalue weighted by Crippen LogP contribution is 2.29. The lowest BCUT2D eigenvalue weighted by molar-refractivity contribution is 0.415. The molecule has 6 heteroatoms. The second-order valence-corrected chi connectivity index (χ2v) is 5.41. The molecule has 0 atom stereocenters. The number of amidine groups is 1. The van der Waals surface area contributed by atoms with Gasteiger partial charge < -0.3 is 10.5 Å². The van der Waals surface area contributed by atoms with Gasteiger partial charge in [-0.2, -0.15) is 0 Å². The molecule has 138 valence electrons. The Morgan fingerprint density at radius 2 is 1.74 bits per heavy atom. The summed E-state index contributed by atoms with van der Waals surface area (Å²) in [6.45, 7) is 5.61. The lowest BCUT2D eigenvalue weighted by Gasteiger charge is -2.08. The molecule has 2 N–H and O–H groups in total. The summed E-state index contributed by atoms with van der Waals surface area (Å²) in [4.78, 5) is 16.9. The number of nitrogens with zero attached hydrogens (tertiary/aromatic N) is 4. The number of rotatable bonds is 4. The Morgan fingerprint density at radius 1 is 1.04 bits per heavy atom. The van der Waals surface area contributed by atoms with E-state index in [4.69, 9.17) is 4.74 Å². The molecular weight excluding hydrogens is 338 g/mol. The molecule has 0 fully saturated rings. The van der Waals surface area contributed by atoms with Crippen LogP contribution in [0, 0.1) is 6.92 Å². The normalized spacial score (nSPS) is 10.6. The van der Waals surface area contributed by atoms with E-state index in [1.54, 1.807) is 25.7 Å². The second-order valence-electron chi connectivity index (χ2n) is 5.41. The maximum absolute atomic E-state index is 5.21. The van der Waals surface area contributed by atoms with Gasteiger partial charge in [-0.3, -0.25) is 4.98 Å². The molecule has 0 amide bonds. The third-order valence-electron chi connectivity index (χ3n) is 3.80. The standard InChI is InChI=1S/C20H18N4O.CH5N/c1-14-4-5-16(15-6-8-17(25-3)9-7-15)12-18(14)24-20(21-2)19-13-22-10-11-23-19;1-2/h4-13H,2H2,1,3H3;2H2,1H3. The average molecular weight is 361 g/mol. The number of benzene rings is 2. The van der Waals surface area contributed by atoms with Crippen molar-refractivity contribution in [1.82, 2.24) is 9.97 Å². The van der Waals surface area contributed by atoms with Crippen LogP contribution in [0.1, 0.15) is 11.3 Å². The van der Waals surface area contributed by atoms with Gasteiger partial charge >= 0.3 is 0 Å². The van der Waals surface area contributed by atoms with Crippen LogP contribution in [-0.4, -0.2) is 36.7 Å². The molecule has 0 saturated heterocycles. The van der Waals surface area contributed by atoms with E-state index >= 15 is 0 Å². The van der Waals surface area contributed by atoms with Gasteiger partial charge in [-0.1, -0.05) is 24.3 Å². The molecule has 0 aliphatic rings. The van der Waals surface area contributed by atoms with Crippen LogP contribution in [-0.2, 0) is 0 Å². The van der Waals surface area contributed by atoms with E-state index in [0.29, 0.717) is 11.5 Å². The maximum atomic E-state index is 5.21. The Bertz CT molecular complexity index is 906. The molecule has 3 aromatic rings. The van der Waals surface area contributed by atoms with Gasteiger partial charge in [0.1, 0.15) is 11.4 Å². The smallest absolute Gasteiger partial charge is 0.179 e. The van der Waals surface area contributed by atoms with Crippen molar-refractivity contribution in [2.24, 2.45) is 15.7 Å². The molecule has 1 aromatic heterocycles. The van der Waals surface area contributed by atoms with E-state index in [9.17, 15) is 0 Å². The van der Waals surface area contributed by atoms with Crippen molar-refractivity contribution in [3.05, 3.63) is 72.3 Å². The topological polar surface area (TPSA) is 85.8 Å². The van der Waals surface area contributed by atoms with Crippen molar-refractivity contribution in [2.45, 2.75) is 6.92 Å². The molecule has 0 aliphatic heterocycles. The summed E-state index contributed by atoms with van der Waals surface area (Å²) in [6, 6.07) is 14.1. The zero-order valence-electron chi connectivity index (χ0n) is 15.8. The Kier molecular flexibility index (Phi) is 7.34. The number of aryl methyl sites for hydroxylation is 1. The first-order valence-electron chi connectivity index (χ1n) is 8.36. The highest BCUT2D eigenvalue weighted by molar-refractivity contribution is 6.01. The molecule has 3 rings (SSSR count). The fourth-order valence-corrected chi connectivity index (χ4v) is 2.40. The van der Waals surface area contributed by atoms with Crippen molar-refractivity contribution in [1.29, 1.82) is 0 Å². The number of ether oxygens (including phenoxy) is 1. The van der Waals surface area contributed by atoms with Crippen LogP contribution in [0.15, 0.2) is 71.0 Å². The molecule has 0 aliphatic carbocycles. The number of methoxy groups -OCH3 is 1. The Hall–Kier alpha value is -3.38. The van der Waals surface area contributed by atoms with Gasteiger partial charge in [0, 0.05) is 12.4 Å². The van der Waals surface area contributed by atoms with E-state index in [0.717, 1.165) is 28.1 Å². The predicted octanol–water partition coefficient (Wildman–Crippen LogP) is 3.81. The molecule has 0 saturated carbocycles. The Morgan fingerprint density at radius 3 is 2.33 bits per heavy atom. The summed E-state index contributed by atoms with van der Waals surface area (Å²) >= 11 is 0. The first-order chi connectivity index (χ1) is 13.2. The first kappa shape index (κ1) is 19.9. The van der Waals surface area contributed by atoms with E-state index in [2.05, 4.69) is 38.5 Å². The highest BCUT2D eigenvalue weighted by atomic mass is 16.5. The average Bonchev–Trinajstić information content (AvgIpc) is 2.75. The van der Waals surface area contributed by atoms with Crippen LogP contribution in [0.25, 0.3) is 11.1 Å². The molecule has 2 aromatic carbocycles. The number of hydrogen-bond acceptors (Lipinski definition) is 5. The second kappa shape index (κ2) is 9.94. The summed E-state index contributed by atoms with van der Waals surface area (Å²) < 4.78 is 5.21. The van der Waals surface area contributed by atoms with E-state index in [1.165, 1.54) is 7.05 Å². The molecular formula is C21H23N5O. The van der Waals surface area contributed by atoms with Gasteiger partial charge in [0.2, 0.25) is 0 Å². The summed E-state index contributed by atoms with van der Waals surface area (Å²) in [5.74, 6) is 1.28. The van der Waals surface area contributed by atoms with Gasteiger partial charge in [-0.15, -0.1) is 0 Å². The summed E-state index contributed by atoms with van der Waals surface area (Å²) in [6.07, 6.45) is 4.84. The lowest BCUT2D eigenvalue weighted by atomic mass is 10.0. The van der Waals surface area contributed by atoms with Crippen molar-refractivity contribution in [2.75, 3.05) is 14.2 Å². The number of aromatic nitrogens is 2. The molecule has 0 spiro atoms. The largest absolute Gasteiger partial charge is 0.497 e. The Balaban J connectivity index is 0.00000126. The monoisotopic (exact) mass is 361 g/mol. The lowest BCUT2D eigenvalue weighted by Crippen LogP contribution is -2.00. The van der Waals surface area contributed by atoms with Crippen molar-refractivity contribution >= 4 is 18.2 Å². The van der Waals surface area contributed by atoms with Crippen LogP contribution in [0.5, 0.6) is 5.75 Å². The third-order valence-corrected chi connectivity index (χ3v) is 3.80. The van der Waals surface area contributed by atoms with Crippen LogP contribution >= 0.6 is 0 Å². The summed E-state index contributed by atoms with van der Waals surface area (Å²) in [5, 5.41) is 0. The molecule has 0 radical (unpaired) electrons. The summed E-state index contributed by atoms with van der Waals surface area (Å²) in [7, 11) is 3.16. The zero-order chi connectivity index (χ0) is 19.6. The molecule has 0 bridgehead atoms. The van der Waals surface area contributed by atoms with Crippen molar-refractivity contribution in [3.8, 4) is 16.9 Å². The molecule has 27 heavy (non-hydrogen) atoms. The Labute approximate surface area is 159 Å². The molecule has 6 nitrogen and oxygen atoms in total. The highest BCUT2D eigenvalue weighted by Gasteiger charge is 2.07. The van der Waals surface area contributed by atoms with Crippen LogP contribution < -0.4 is 10.5 Å². The molecule has 0 unspecified atom stereocenters. The molecule has 1 heterocycles. The van der Waals surface area contributed by atoms with Crippen molar-refractivity contribution in [3.63, 3.8) is 0 Å². The van der Waals surface area contributed by atoms with Crippen LogP contribution in [0.2, 0.25) is 0 Å². The van der Waals surface area contributed by atoms with Gasteiger partial charge in [0.15, 0.2) is 5.84 Å². The zero-order valence-corrected chi connectivity index (χ0v) is 15.8. The van der Waals surface area contributed by atoms with Crippen LogP contribution in [0.4, 0.5) is 5.69 Å². The van der Waals surface area contributed by atoms with Gasteiger partial charge in [-0.05, 0) is 55.6 Å². The van der Waals surface area contributed by atoms with Crippen LogP contribution in [0.3, 0.4) is 0 Å². The van der Waals surface area contributed by atoms with Crippen molar-refractivity contribution < 1.29 is 4.74 Å². The van der Waals surface area contributed by atoms with Gasteiger partial charge in [0.05, 0.1) is 19.0 Å².